The number of halogens is 1. The monoisotopic (exact) mass is 289 g/mol. The zero-order valence-electron chi connectivity index (χ0n) is 10.9. The standard InChI is InChI=1S/C15H12FNO4/c16-10-3-1-2-9(6-10)15(19)17-11-7-13-14(8-12(11)18)21-5-4-20-13/h1-3,6-8,18H,4-5H2,(H,17,19). The van der Waals surface area contributed by atoms with Gasteiger partial charge in [0.15, 0.2) is 11.5 Å². The van der Waals surface area contributed by atoms with Crippen LogP contribution in [-0.4, -0.2) is 24.2 Å². The molecule has 0 bridgehead atoms. The number of aromatic hydroxyl groups is 1. The molecule has 1 heterocycles. The summed E-state index contributed by atoms with van der Waals surface area (Å²) >= 11 is 0. The van der Waals surface area contributed by atoms with E-state index in [0.29, 0.717) is 24.7 Å². The van der Waals surface area contributed by atoms with Crippen molar-refractivity contribution in [2.24, 2.45) is 0 Å². The fourth-order valence-corrected chi connectivity index (χ4v) is 2.00. The number of rotatable bonds is 2. The Balaban J connectivity index is 1.86. The first-order valence-electron chi connectivity index (χ1n) is 6.33. The van der Waals surface area contributed by atoms with E-state index in [9.17, 15) is 14.3 Å². The van der Waals surface area contributed by atoms with Crippen LogP contribution >= 0.6 is 0 Å². The third-order valence-corrected chi connectivity index (χ3v) is 3.00. The van der Waals surface area contributed by atoms with Crippen molar-refractivity contribution in [2.75, 3.05) is 18.5 Å². The lowest BCUT2D eigenvalue weighted by molar-refractivity contribution is 0.102. The van der Waals surface area contributed by atoms with Crippen molar-refractivity contribution in [1.29, 1.82) is 0 Å². The Morgan fingerprint density at radius 1 is 1.14 bits per heavy atom. The normalized spacial score (nSPS) is 12.8. The topological polar surface area (TPSA) is 67.8 Å². The van der Waals surface area contributed by atoms with E-state index < -0.39 is 11.7 Å². The third-order valence-electron chi connectivity index (χ3n) is 3.00. The van der Waals surface area contributed by atoms with Gasteiger partial charge in [0.05, 0.1) is 5.69 Å². The highest BCUT2D eigenvalue weighted by atomic mass is 19.1. The van der Waals surface area contributed by atoms with E-state index in [1.165, 1.54) is 30.3 Å². The molecule has 6 heteroatoms. The highest BCUT2D eigenvalue weighted by Crippen LogP contribution is 2.39. The van der Waals surface area contributed by atoms with E-state index in [2.05, 4.69) is 5.32 Å². The Morgan fingerprint density at radius 3 is 2.57 bits per heavy atom. The number of phenolic OH excluding ortho intramolecular Hbond substituents is 1. The molecule has 21 heavy (non-hydrogen) atoms. The Kier molecular flexibility index (Phi) is 3.35. The molecule has 108 valence electrons. The number of carbonyl (C=O) groups excluding carboxylic acids is 1. The number of hydrogen-bond acceptors (Lipinski definition) is 4. The smallest absolute Gasteiger partial charge is 0.255 e. The fraction of sp³-hybridized carbons (Fsp3) is 0.133. The molecule has 1 amide bonds. The van der Waals surface area contributed by atoms with Gasteiger partial charge in [-0.1, -0.05) is 6.07 Å². The minimum atomic E-state index is -0.526. The Bertz CT molecular complexity index is 702. The van der Waals surface area contributed by atoms with Crippen molar-refractivity contribution >= 4 is 11.6 Å². The molecule has 1 aliphatic rings. The maximum Gasteiger partial charge on any atom is 0.255 e. The van der Waals surface area contributed by atoms with Crippen LogP contribution in [0.1, 0.15) is 10.4 Å². The number of hydrogen-bond donors (Lipinski definition) is 2. The molecule has 2 aromatic rings. The lowest BCUT2D eigenvalue weighted by Gasteiger charge is -2.19. The maximum absolute atomic E-state index is 13.1. The molecule has 0 unspecified atom stereocenters. The number of phenols is 1. The molecular weight excluding hydrogens is 277 g/mol. The third kappa shape index (κ3) is 2.74. The van der Waals surface area contributed by atoms with Crippen LogP contribution in [0.25, 0.3) is 0 Å². The van der Waals surface area contributed by atoms with E-state index in [-0.39, 0.29) is 17.0 Å². The van der Waals surface area contributed by atoms with Crippen molar-refractivity contribution < 1.29 is 23.8 Å². The number of ether oxygens (including phenoxy) is 2. The van der Waals surface area contributed by atoms with Gasteiger partial charge in [-0.2, -0.15) is 0 Å². The molecule has 2 aromatic carbocycles. The molecule has 0 atom stereocenters. The summed E-state index contributed by atoms with van der Waals surface area (Å²) in [5.74, 6) is -0.323. The van der Waals surface area contributed by atoms with Crippen LogP contribution in [0, 0.1) is 5.82 Å². The van der Waals surface area contributed by atoms with E-state index in [1.54, 1.807) is 0 Å². The number of carbonyl (C=O) groups is 1. The lowest BCUT2D eigenvalue weighted by atomic mass is 10.2. The molecule has 0 spiro atoms. The number of fused-ring (bicyclic) bond motifs is 1. The summed E-state index contributed by atoms with van der Waals surface area (Å²) in [6, 6.07) is 8.13. The van der Waals surface area contributed by atoms with Gasteiger partial charge < -0.3 is 19.9 Å². The van der Waals surface area contributed by atoms with Crippen LogP contribution in [-0.2, 0) is 0 Å². The molecule has 2 N–H and O–H groups in total. The summed E-state index contributed by atoms with van der Waals surface area (Å²) in [6.45, 7) is 0.802. The molecule has 1 aliphatic heterocycles. The van der Waals surface area contributed by atoms with E-state index in [1.807, 2.05) is 0 Å². The molecule has 0 aliphatic carbocycles. The van der Waals surface area contributed by atoms with Gasteiger partial charge in [0.1, 0.15) is 24.8 Å². The van der Waals surface area contributed by atoms with Crippen LogP contribution in [0.15, 0.2) is 36.4 Å². The summed E-state index contributed by atoms with van der Waals surface area (Å²) in [5, 5.41) is 12.4. The SMILES string of the molecule is O=C(Nc1cc2c(cc1O)OCCO2)c1cccc(F)c1. The van der Waals surface area contributed by atoms with Gasteiger partial charge in [-0.05, 0) is 18.2 Å². The van der Waals surface area contributed by atoms with Gasteiger partial charge in [0, 0.05) is 17.7 Å². The summed E-state index contributed by atoms with van der Waals surface area (Å²) in [5.41, 5.74) is 0.331. The van der Waals surface area contributed by atoms with Gasteiger partial charge in [-0.15, -0.1) is 0 Å². The van der Waals surface area contributed by atoms with Crippen molar-refractivity contribution in [1.82, 2.24) is 0 Å². The first-order chi connectivity index (χ1) is 10.1. The minimum Gasteiger partial charge on any atom is -0.506 e. The maximum atomic E-state index is 13.1. The quantitative estimate of drug-likeness (QED) is 0.834. The molecule has 0 saturated heterocycles. The molecule has 5 nitrogen and oxygen atoms in total. The first-order valence-corrected chi connectivity index (χ1v) is 6.33. The van der Waals surface area contributed by atoms with Gasteiger partial charge in [-0.3, -0.25) is 4.79 Å². The highest BCUT2D eigenvalue weighted by Gasteiger charge is 2.17. The molecule has 0 fully saturated rings. The zero-order chi connectivity index (χ0) is 14.8. The van der Waals surface area contributed by atoms with Crippen LogP contribution in [0.3, 0.4) is 0 Å². The second-order valence-electron chi connectivity index (χ2n) is 4.48. The molecule has 0 saturated carbocycles. The number of nitrogens with one attached hydrogen (secondary N) is 1. The second kappa shape index (κ2) is 5.32. The van der Waals surface area contributed by atoms with Crippen LogP contribution < -0.4 is 14.8 Å². The van der Waals surface area contributed by atoms with Crippen LogP contribution in [0.2, 0.25) is 0 Å². The fourth-order valence-electron chi connectivity index (χ4n) is 2.00. The van der Waals surface area contributed by atoms with Crippen LogP contribution in [0.4, 0.5) is 10.1 Å². The van der Waals surface area contributed by atoms with Gasteiger partial charge in [0.2, 0.25) is 0 Å². The van der Waals surface area contributed by atoms with Gasteiger partial charge in [0.25, 0.3) is 5.91 Å². The average Bonchev–Trinajstić information content (AvgIpc) is 2.48. The van der Waals surface area contributed by atoms with Crippen molar-refractivity contribution in [3.8, 4) is 17.2 Å². The summed E-state index contributed by atoms with van der Waals surface area (Å²) in [7, 11) is 0. The van der Waals surface area contributed by atoms with Crippen molar-refractivity contribution in [2.45, 2.75) is 0 Å². The Morgan fingerprint density at radius 2 is 1.86 bits per heavy atom. The molecular formula is C15H12FNO4. The largest absolute Gasteiger partial charge is 0.506 e. The minimum absolute atomic E-state index is 0.149. The zero-order valence-corrected chi connectivity index (χ0v) is 10.9. The Hall–Kier alpha value is -2.76. The highest BCUT2D eigenvalue weighted by molar-refractivity contribution is 6.05. The molecule has 3 rings (SSSR count). The first kappa shape index (κ1) is 13.2. The van der Waals surface area contributed by atoms with Gasteiger partial charge >= 0.3 is 0 Å². The van der Waals surface area contributed by atoms with Gasteiger partial charge in [-0.25, -0.2) is 4.39 Å². The van der Waals surface area contributed by atoms with Crippen molar-refractivity contribution in [3.63, 3.8) is 0 Å². The molecule has 0 aromatic heterocycles. The number of benzene rings is 2. The van der Waals surface area contributed by atoms with E-state index >= 15 is 0 Å². The van der Waals surface area contributed by atoms with Crippen LogP contribution in [0.5, 0.6) is 17.2 Å². The number of amides is 1. The number of anilines is 1. The summed E-state index contributed by atoms with van der Waals surface area (Å²) in [6.07, 6.45) is 0. The second-order valence-corrected chi connectivity index (χ2v) is 4.48. The summed E-state index contributed by atoms with van der Waals surface area (Å²) in [4.78, 5) is 12.0. The summed E-state index contributed by atoms with van der Waals surface area (Å²) < 4.78 is 23.8. The van der Waals surface area contributed by atoms with E-state index in [4.69, 9.17) is 9.47 Å². The van der Waals surface area contributed by atoms with E-state index in [0.717, 1.165) is 6.07 Å². The molecule has 0 radical (unpaired) electrons. The predicted molar refractivity (Wildman–Crippen MR) is 73.5 cm³/mol. The Labute approximate surface area is 119 Å². The predicted octanol–water partition coefficient (Wildman–Crippen LogP) is 2.55. The average molecular weight is 289 g/mol. The van der Waals surface area contributed by atoms with Crippen molar-refractivity contribution in [3.05, 3.63) is 47.8 Å². The lowest BCUT2D eigenvalue weighted by Crippen LogP contribution is -2.16.